The lowest BCUT2D eigenvalue weighted by Gasteiger charge is -2.19. The number of amides is 2. The lowest BCUT2D eigenvalue weighted by molar-refractivity contribution is -0.142. The van der Waals surface area contributed by atoms with Crippen molar-refractivity contribution in [3.8, 4) is 0 Å². The van der Waals surface area contributed by atoms with Gasteiger partial charge in [-0.1, -0.05) is 44.9 Å². The number of carbonyl (C=O) groups is 4. The molecule has 0 aromatic heterocycles. The van der Waals surface area contributed by atoms with Gasteiger partial charge in [0.15, 0.2) is 0 Å². The van der Waals surface area contributed by atoms with E-state index in [1.165, 1.54) is 12.8 Å². The van der Waals surface area contributed by atoms with E-state index < -0.39 is 23.5 Å². The number of cyclic esters (lactones) is 1. The number of alkyl carbamates (subject to hydrolysis) is 1. The summed E-state index contributed by atoms with van der Waals surface area (Å²) in [5.74, 6) is -0.891. The van der Waals surface area contributed by atoms with Crippen LogP contribution in [0.15, 0.2) is 0 Å². The van der Waals surface area contributed by atoms with Crippen LogP contribution in [-0.4, -0.2) is 48.5 Å². The fourth-order valence-corrected chi connectivity index (χ4v) is 3.33. The minimum Gasteiger partial charge on any atom is -0.464 e. The molecule has 0 aromatic carbocycles. The van der Waals surface area contributed by atoms with Crippen molar-refractivity contribution in [2.24, 2.45) is 0 Å². The van der Waals surface area contributed by atoms with E-state index in [0.29, 0.717) is 26.0 Å². The van der Waals surface area contributed by atoms with Gasteiger partial charge in [-0.15, -0.1) is 0 Å². The highest BCUT2D eigenvalue weighted by atomic mass is 16.6. The van der Waals surface area contributed by atoms with E-state index >= 15 is 0 Å². The number of esters is 1. The average Bonchev–Trinajstić information content (AvgIpc) is 3.05. The Bertz CT molecular complexity index is 585. The Hall–Kier alpha value is -2.12. The molecule has 1 saturated heterocycles. The number of ether oxygens (including phenoxy) is 2. The molecule has 1 aliphatic rings. The second-order valence-electron chi connectivity index (χ2n) is 9.15. The third-order valence-corrected chi connectivity index (χ3v) is 4.93. The van der Waals surface area contributed by atoms with Crippen LogP contribution in [0.25, 0.3) is 0 Å². The Morgan fingerprint density at radius 2 is 1.55 bits per heavy atom. The van der Waals surface area contributed by atoms with Crippen LogP contribution in [0.1, 0.15) is 97.8 Å². The Kier molecular flexibility index (Phi) is 12.9. The summed E-state index contributed by atoms with van der Waals surface area (Å²) in [7, 11) is 0. The second-order valence-corrected chi connectivity index (χ2v) is 9.15. The van der Waals surface area contributed by atoms with E-state index in [1.54, 1.807) is 0 Å². The molecule has 0 spiro atoms. The van der Waals surface area contributed by atoms with E-state index in [1.807, 2.05) is 20.8 Å². The van der Waals surface area contributed by atoms with E-state index in [4.69, 9.17) is 9.47 Å². The normalized spacial score (nSPS) is 16.0. The van der Waals surface area contributed by atoms with Crippen molar-refractivity contribution in [2.75, 3.05) is 13.2 Å². The molecule has 1 fully saturated rings. The van der Waals surface area contributed by atoms with E-state index in [9.17, 15) is 19.2 Å². The molecule has 31 heavy (non-hydrogen) atoms. The quantitative estimate of drug-likeness (QED) is 0.228. The summed E-state index contributed by atoms with van der Waals surface area (Å²) in [5, 5.41) is 5.33. The van der Waals surface area contributed by atoms with Crippen molar-refractivity contribution in [3.05, 3.63) is 0 Å². The average molecular weight is 441 g/mol. The number of hydrogen-bond donors (Lipinski definition) is 2. The predicted molar refractivity (Wildman–Crippen MR) is 118 cm³/mol. The maximum atomic E-state index is 11.9. The largest absolute Gasteiger partial charge is 0.464 e. The zero-order chi connectivity index (χ0) is 23.1. The number of unbranched alkanes of at least 4 members (excludes halogenated alkanes) is 8. The van der Waals surface area contributed by atoms with Crippen molar-refractivity contribution >= 4 is 23.8 Å². The summed E-state index contributed by atoms with van der Waals surface area (Å²) in [6.45, 7) is 6.51. The lowest BCUT2D eigenvalue weighted by atomic mass is 10.0. The van der Waals surface area contributed by atoms with Crippen molar-refractivity contribution in [1.82, 2.24) is 10.6 Å². The van der Waals surface area contributed by atoms with Crippen molar-refractivity contribution < 1.29 is 28.7 Å². The summed E-state index contributed by atoms with van der Waals surface area (Å²) in [5.41, 5.74) is -0.460. The molecule has 0 saturated carbocycles. The molecule has 2 N–H and O–H groups in total. The van der Waals surface area contributed by atoms with Crippen LogP contribution in [0.3, 0.4) is 0 Å². The zero-order valence-electron chi connectivity index (χ0n) is 19.4. The van der Waals surface area contributed by atoms with Crippen LogP contribution < -0.4 is 10.6 Å². The van der Waals surface area contributed by atoms with Gasteiger partial charge in [0.25, 0.3) is 0 Å². The van der Waals surface area contributed by atoms with Gasteiger partial charge in [0.2, 0.25) is 5.91 Å². The van der Waals surface area contributed by atoms with Gasteiger partial charge in [-0.2, -0.15) is 0 Å². The fourth-order valence-electron chi connectivity index (χ4n) is 3.33. The third-order valence-electron chi connectivity index (χ3n) is 4.93. The van der Waals surface area contributed by atoms with Gasteiger partial charge < -0.3 is 20.1 Å². The van der Waals surface area contributed by atoms with Gasteiger partial charge in [0.1, 0.15) is 17.4 Å². The minimum absolute atomic E-state index is 0.0798. The van der Waals surface area contributed by atoms with Crippen LogP contribution in [0.2, 0.25) is 0 Å². The molecule has 2 amide bonds. The first-order valence-electron chi connectivity index (χ1n) is 11.6. The van der Waals surface area contributed by atoms with E-state index in [0.717, 1.165) is 44.9 Å². The van der Waals surface area contributed by atoms with Crippen LogP contribution in [0.5, 0.6) is 0 Å². The Labute approximate surface area is 186 Å². The first-order valence-corrected chi connectivity index (χ1v) is 11.6. The lowest BCUT2D eigenvalue weighted by Crippen LogP contribution is -2.38. The number of Topliss-reactive ketones (excluding diaryl/α,β-unsaturated/α-hetero) is 1. The first-order chi connectivity index (χ1) is 14.7. The smallest absolute Gasteiger partial charge is 0.407 e. The maximum Gasteiger partial charge on any atom is 0.407 e. The van der Waals surface area contributed by atoms with Gasteiger partial charge in [-0.25, -0.2) is 9.59 Å². The van der Waals surface area contributed by atoms with Crippen molar-refractivity contribution in [2.45, 2.75) is 109 Å². The topological polar surface area (TPSA) is 111 Å². The summed E-state index contributed by atoms with van der Waals surface area (Å²) in [6, 6.07) is -0.596. The molecule has 1 heterocycles. The highest BCUT2D eigenvalue weighted by Crippen LogP contribution is 2.12. The SMILES string of the molecule is CC(C)(C)OC(=O)NCCCCCCCCCCCC(=O)CC(=O)N[C@H]1CCOC1=O. The molecule has 1 rings (SSSR count). The van der Waals surface area contributed by atoms with Crippen LogP contribution in [0, 0.1) is 0 Å². The van der Waals surface area contributed by atoms with E-state index in [2.05, 4.69) is 10.6 Å². The number of rotatable bonds is 15. The number of ketones is 1. The summed E-state index contributed by atoms with van der Waals surface area (Å²) in [6.07, 6.45) is 9.94. The molecular weight excluding hydrogens is 400 g/mol. The Morgan fingerprint density at radius 1 is 0.968 bits per heavy atom. The second kappa shape index (κ2) is 14.8. The zero-order valence-corrected chi connectivity index (χ0v) is 19.4. The summed E-state index contributed by atoms with van der Waals surface area (Å²) in [4.78, 5) is 46.5. The van der Waals surface area contributed by atoms with Gasteiger partial charge in [0.05, 0.1) is 13.0 Å². The molecule has 178 valence electrons. The molecule has 0 bridgehead atoms. The molecule has 0 radical (unpaired) electrons. The van der Waals surface area contributed by atoms with Gasteiger partial charge in [-0.05, 0) is 33.6 Å². The molecule has 0 aliphatic carbocycles. The van der Waals surface area contributed by atoms with Crippen molar-refractivity contribution in [1.29, 1.82) is 0 Å². The monoisotopic (exact) mass is 440 g/mol. The number of hydrogen-bond acceptors (Lipinski definition) is 6. The number of nitrogens with one attached hydrogen (secondary N) is 2. The number of carbonyl (C=O) groups excluding carboxylic acids is 4. The standard InChI is InChI=1S/C23H40N2O6/c1-23(2,3)31-22(29)24-15-12-10-8-6-4-5-7-9-11-13-18(26)17-20(27)25-19-14-16-30-21(19)28/h19H,4-17H2,1-3H3,(H,24,29)(H,25,27)/t19-/m0/s1. The molecule has 8 heteroatoms. The van der Waals surface area contributed by atoms with Gasteiger partial charge >= 0.3 is 12.1 Å². The molecular formula is C23H40N2O6. The Balaban J connectivity index is 1.86. The van der Waals surface area contributed by atoms with Crippen LogP contribution in [-0.2, 0) is 23.9 Å². The molecule has 8 nitrogen and oxygen atoms in total. The maximum absolute atomic E-state index is 11.9. The van der Waals surface area contributed by atoms with Crippen molar-refractivity contribution in [3.63, 3.8) is 0 Å². The molecule has 1 aliphatic heterocycles. The predicted octanol–water partition coefficient (Wildman–Crippen LogP) is 3.80. The Morgan fingerprint density at radius 3 is 2.10 bits per heavy atom. The van der Waals surface area contributed by atoms with Gasteiger partial charge in [-0.3, -0.25) is 9.59 Å². The fraction of sp³-hybridized carbons (Fsp3) is 0.826. The molecule has 0 aromatic rings. The third kappa shape index (κ3) is 14.5. The summed E-state index contributed by atoms with van der Waals surface area (Å²) < 4.78 is 9.97. The van der Waals surface area contributed by atoms with Crippen LogP contribution >= 0.6 is 0 Å². The van der Waals surface area contributed by atoms with Crippen LogP contribution in [0.4, 0.5) is 4.79 Å². The van der Waals surface area contributed by atoms with Gasteiger partial charge in [0, 0.05) is 19.4 Å². The molecule has 0 unspecified atom stereocenters. The minimum atomic E-state index is -0.596. The first kappa shape index (κ1) is 26.9. The van der Waals surface area contributed by atoms with E-state index in [-0.39, 0.29) is 18.3 Å². The highest BCUT2D eigenvalue weighted by molar-refractivity contribution is 5.99. The highest BCUT2D eigenvalue weighted by Gasteiger charge is 2.28. The summed E-state index contributed by atoms with van der Waals surface area (Å²) >= 11 is 0. The molecule has 1 atom stereocenters.